The van der Waals surface area contributed by atoms with Gasteiger partial charge < -0.3 is 13.9 Å². The minimum absolute atomic E-state index is 0.471. The smallest absolute Gasteiger partial charge is 0.160 e. The molecule has 6 heterocycles. The van der Waals surface area contributed by atoms with E-state index in [2.05, 4.69) is 165 Å². The minimum atomic E-state index is -0.847. The second-order valence-corrected chi connectivity index (χ2v) is 16.9. The molecule has 12 aromatic rings. The van der Waals surface area contributed by atoms with Gasteiger partial charge >= 0.3 is 0 Å². The van der Waals surface area contributed by atoms with Gasteiger partial charge in [-0.1, -0.05) is 103 Å². The van der Waals surface area contributed by atoms with E-state index in [1.807, 2.05) is 42.7 Å². The third kappa shape index (κ3) is 4.80. The first kappa shape index (κ1) is 36.3. The Morgan fingerprint density at radius 2 is 1.02 bits per heavy atom. The van der Waals surface area contributed by atoms with Crippen molar-refractivity contribution in [1.82, 2.24) is 29.1 Å². The second-order valence-electron chi connectivity index (χ2n) is 16.9. The SMILES string of the molecule is N#Cc1cc(-c2cccc3c2Oc2c(-n4c5ccccc5c5cc(-n6c7ccccc7c7ccccc76)ccc54)cccc2C32c3cccnc3-c3ncccc32)ccc1-c1ncccn1. The Morgan fingerprint density at radius 3 is 1.70 bits per heavy atom. The maximum Gasteiger partial charge on any atom is 0.160 e. The normalized spacial score (nSPS) is 13.1. The molecule has 5 aromatic heterocycles. The summed E-state index contributed by atoms with van der Waals surface area (Å²) in [5, 5.41) is 15.2. The van der Waals surface area contributed by atoms with Crippen molar-refractivity contribution in [2.24, 2.45) is 0 Å². The molecule has 0 fully saturated rings. The number of pyridine rings is 2. The lowest BCUT2D eigenvalue weighted by molar-refractivity contribution is 0.436. The molecule has 1 aliphatic heterocycles. The van der Waals surface area contributed by atoms with Crippen LogP contribution in [0.5, 0.6) is 11.5 Å². The van der Waals surface area contributed by atoms with Crippen LogP contribution in [0.2, 0.25) is 0 Å². The van der Waals surface area contributed by atoms with Gasteiger partial charge in [0.25, 0.3) is 0 Å². The van der Waals surface area contributed by atoms with Crippen LogP contribution in [-0.4, -0.2) is 29.1 Å². The summed E-state index contributed by atoms with van der Waals surface area (Å²) in [7, 11) is 0. The zero-order valence-corrected chi connectivity index (χ0v) is 35.1. The molecule has 7 aromatic carbocycles. The average molecular weight is 844 g/mol. The Hall–Kier alpha value is -9.19. The summed E-state index contributed by atoms with van der Waals surface area (Å²) in [4.78, 5) is 18.9. The molecule has 0 atom stereocenters. The van der Waals surface area contributed by atoms with Gasteiger partial charge in [0.05, 0.1) is 56.2 Å². The Kier molecular flexibility index (Phi) is 7.51. The van der Waals surface area contributed by atoms with E-state index < -0.39 is 5.41 Å². The Morgan fingerprint density at radius 1 is 0.439 bits per heavy atom. The molecule has 66 heavy (non-hydrogen) atoms. The van der Waals surface area contributed by atoms with Crippen LogP contribution >= 0.6 is 0 Å². The molecule has 0 bridgehead atoms. The van der Waals surface area contributed by atoms with Crippen molar-refractivity contribution in [3.05, 3.63) is 229 Å². The Bertz CT molecular complexity index is 3970. The molecule has 1 aliphatic carbocycles. The molecule has 8 nitrogen and oxygen atoms in total. The van der Waals surface area contributed by atoms with Gasteiger partial charge in [0.1, 0.15) is 5.75 Å². The molecule has 8 heteroatoms. The van der Waals surface area contributed by atoms with E-state index in [4.69, 9.17) is 14.7 Å². The number of ether oxygens (including phenoxy) is 1. The quantitative estimate of drug-likeness (QED) is 0.175. The van der Waals surface area contributed by atoms with E-state index in [1.165, 1.54) is 10.8 Å². The molecular formula is C58H33N7O. The molecule has 2 aliphatic rings. The number of rotatable bonds is 4. The van der Waals surface area contributed by atoms with Crippen molar-refractivity contribution in [3.63, 3.8) is 0 Å². The first-order valence-corrected chi connectivity index (χ1v) is 21.9. The van der Waals surface area contributed by atoms with E-state index in [0.29, 0.717) is 22.7 Å². The lowest BCUT2D eigenvalue weighted by Crippen LogP contribution is -2.33. The van der Waals surface area contributed by atoms with Crippen LogP contribution in [0.4, 0.5) is 0 Å². The number of hydrogen-bond acceptors (Lipinski definition) is 6. The fourth-order valence-corrected chi connectivity index (χ4v) is 11.0. The molecule has 0 N–H and O–H groups in total. The van der Waals surface area contributed by atoms with Crippen molar-refractivity contribution in [2.45, 2.75) is 5.41 Å². The number of fused-ring (bicyclic) bond motifs is 15. The van der Waals surface area contributed by atoms with Crippen LogP contribution < -0.4 is 4.74 Å². The highest BCUT2D eigenvalue weighted by atomic mass is 16.5. The highest BCUT2D eigenvalue weighted by Crippen LogP contribution is 2.63. The topological polar surface area (TPSA) is 94.4 Å². The zero-order chi connectivity index (χ0) is 43.5. The van der Waals surface area contributed by atoms with Crippen molar-refractivity contribution in [3.8, 4) is 62.8 Å². The van der Waals surface area contributed by atoms with E-state index in [1.54, 1.807) is 18.5 Å². The van der Waals surface area contributed by atoms with Crippen molar-refractivity contribution >= 4 is 43.6 Å². The van der Waals surface area contributed by atoms with E-state index in [0.717, 1.165) is 94.7 Å². The second kappa shape index (κ2) is 13.7. The molecule has 0 saturated heterocycles. The summed E-state index contributed by atoms with van der Waals surface area (Å²) in [5.41, 5.74) is 14.1. The van der Waals surface area contributed by atoms with Gasteiger partial charge in [-0.05, 0) is 89.5 Å². The molecule has 0 unspecified atom stereocenters. The number of benzene rings is 7. The predicted octanol–water partition coefficient (Wildman–Crippen LogP) is 13.1. The van der Waals surface area contributed by atoms with Gasteiger partial charge in [0, 0.05) is 74.3 Å². The van der Waals surface area contributed by atoms with Gasteiger partial charge in [0.2, 0.25) is 0 Å². The van der Waals surface area contributed by atoms with E-state index >= 15 is 0 Å². The summed E-state index contributed by atoms with van der Waals surface area (Å²) in [6.07, 6.45) is 7.07. The predicted molar refractivity (Wildman–Crippen MR) is 259 cm³/mol. The van der Waals surface area contributed by atoms with Crippen LogP contribution in [0.3, 0.4) is 0 Å². The number of hydrogen-bond donors (Lipinski definition) is 0. The molecule has 1 spiro atoms. The summed E-state index contributed by atoms with van der Waals surface area (Å²) >= 11 is 0. The zero-order valence-electron chi connectivity index (χ0n) is 35.1. The molecule has 0 saturated carbocycles. The monoisotopic (exact) mass is 843 g/mol. The maximum atomic E-state index is 10.5. The maximum absolute atomic E-state index is 10.5. The fraction of sp³-hybridized carbons (Fsp3) is 0.0172. The largest absolute Gasteiger partial charge is 0.454 e. The minimum Gasteiger partial charge on any atom is -0.454 e. The van der Waals surface area contributed by atoms with Crippen molar-refractivity contribution in [1.29, 1.82) is 5.26 Å². The van der Waals surface area contributed by atoms with Gasteiger partial charge in [-0.15, -0.1) is 0 Å². The Labute approximate surface area is 377 Å². The Balaban J connectivity index is 1.04. The van der Waals surface area contributed by atoms with Gasteiger partial charge in [-0.25, -0.2) is 9.97 Å². The average Bonchev–Trinajstić information content (AvgIpc) is 4.00. The number of nitriles is 1. The highest BCUT2D eigenvalue weighted by molar-refractivity contribution is 6.12. The molecule has 14 rings (SSSR count). The van der Waals surface area contributed by atoms with Crippen LogP contribution in [0.1, 0.15) is 27.8 Å². The summed E-state index contributed by atoms with van der Waals surface area (Å²) < 4.78 is 12.3. The molecule has 0 amide bonds. The van der Waals surface area contributed by atoms with Crippen LogP contribution in [0, 0.1) is 11.3 Å². The molecular weight excluding hydrogens is 811 g/mol. The summed E-state index contributed by atoms with van der Waals surface area (Å²) in [5.74, 6) is 1.93. The third-order valence-corrected chi connectivity index (χ3v) is 13.7. The lowest BCUT2D eigenvalue weighted by Gasteiger charge is -2.40. The first-order chi connectivity index (χ1) is 32.7. The van der Waals surface area contributed by atoms with Crippen LogP contribution in [-0.2, 0) is 5.41 Å². The van der Waals surface area contributed by atoms with Crippen molar-refractivity contribution < 1.29 is 4.74 Å². The van der Waals surface area contributed by atoms with E-state index in [9.17, 15) is 5.26 Å². The number of aromatic nitrogens is 6. The fourth-order valence-electron chi connectivity index (χ4n) is 11.0. The van der Waals surface area contributed by atoms with E-state index in [-0.39, 0.29) is 0 Å². The standard InChI is InChI=1S/C58H33N7O/c59-34-36-32-35(24-26-39(36)57-62-30-11-31-63-57)38-15-7-16-46-55(38)66-56-47(58(46)44-18-9-28-60-53(44)54-45(58)19-10-29-61-54)17-8-23-52(56)65-50-22-6-3-14-42(50)43-33-37(25-27-51(43)65)64-48-20-4-1-12-40(48)41-13-2-5-21-49(41)64/h1-33H. The van der Waals surface area contributed by atoms with Gasteiger partial charge in [-0.3, -0.25) is 9.97 Å². The van der Waals surface area contributed by atoms with Crippen LogP contribution in [0.15, 0.2) is 201 Å². The van der Waals surface area contributed by atoms with Gasteiger partial charge in [0.15, 0.2) is 11.6 Å². The lowest BCUT2D eigenvalue weighted by atomic mass is 9.66. The summed E-state index contributed by atoms with van der Waals surface area (Å²) in [6.45, 7) is 0. The first-order valence-electron chi connectivity index (χ1n) is 21.9. The number of para-hydroxylation sites is 5. The highest BCUT2D eigenvalue weighted by Gasteiger charge is 2.53. The summed E-state index contributed by atoms with van der Waals surface area (Å²) in [6, 6.07) is 64.0. The molecule has 0 radical (unpaired) electrons. The molecule has 306 valence electrons. The number of nitrogens with zero attached hydrogens (tertiary/aromatic N) is 7. The van der Waals surface area contributed by atoms with Crippen LogP contribution in [0.25, 0.3) is 88.9 Å². The third-order valence-electron chi connectivity index (χ3n) is 13.7. The van der Waals surface area contributed by atoms with Crippen molar-refractivity contribution in [2.75, 3.05) is 0 Å². The van der Waals surface area contributed by atoms with Gasteiger partial charge in [-0.2, -0.15) is 5.26 Å².